The first-order chi connectivity index (χ1) is 24.1. The van der Waals surface area contributed by atoms with E-state index >= 15 is 0 Å². The average molecular weight is 724 g/mol. The van der Waals surface area contributed by atoms with Crippen molar-refractivity contribution < 1.29 is 24.2 Å². The van der Waals surface area contributed by atoms with Crippen molar-refractivity contribution in [1.29, 1.82) is 0 Å². The van der Waals surface area contributed by atoms with Gasteiger partial charge in [0.1, 0.15) is 17.1 Å². The Labute approximate surface area is 308 Å². The third kappa shape index (κ3) is 14.8. The van der Waals surface area contributed by atoms with Crippen LogP contribution >= 0.6 is 23.5 Å². The summed E-state index contributed by atoms with van der Waals surface area (Å²) in [5.41, 5.74) is 1.68. The number of nitrogens with one attached hydrogen (secondary N) is 1. The number of hydrogen-bond donors (Lipinski definition) is 2. The molecule has 2 N–H and O–H groups in total. The van der Waals surface area contributed by atoms with Gasteiger partial charge >= 0.3 is 6.09 Å². The van der Waals surface area contributed by atoms with E-state index in [1.165, 1.54) is 69.4 Å². The molecule has 1 unspecified atom stereocenters. The van der Waals surface area contributed by atoms with Crippen LogP contribution in [-0.2, 0) is 9.53 Å². The van der Waals surface area contributed by atoms with Gasteiger partial charge in [0.15, 0.2) is 0 Å². The van der Waals surface area contributed by atoms with Crippen LogP contribution in [-0.4, -0.2) is 71.2 Å². The van der Waals surface area contributed by atoms with Gasteiger partial charge in [-0.15, -0.1) is 0 Å². The maximum Gasteiger partial charge on any atom is 0.407 e. The molecule has 1 atom stereocenters. The summed E-state index contributed by atoms with van der Waals surface area (Å²) in [5, 5.41) is 12.6. The SMILES string of the molecule is CC(C)(C)OC(=O)NC1CCN(C=O)C1.Oc1ccc(-c2ccc(Cl)cc2)cc1.c1cc(SN2CCCCC2)ccc1OCC1CCCCC1. The van der Waals surface area contributed by atoms with Crippen LogP contribution < -0.4 is 10.1 Å². The molecule has 0 aromatic heterocycles. The maximum atomic E-state index is 11.4. The first-order valence-corrected chi connectivity index (χ1v) is 19.1. The third-order valence-corrected chi connectivity index (χ3v) is 10.1. The number of benzene rings is 3. The van der Waals surface area contributed by atoms with Gasteiger partial charge in [0.25, 0.3) is 0 Å². The molecule has 0 radical (unpaired) electrons. The number of alkyl carbamates (subject to hydrolysis) is 1. The van der Waals surface area contributed by atoms with Crippen LogP contribution in [0.1, 0.15) is 78.6 Å². The molecule has 1 saturated carbocycles. The molecule has 3 aliphatic rings. The van der Waals surface area contributed by atoms with E-state index in [0.29, 0.717) is 13.1 Å². The Kier molecular flexibility index (Phi) is 16.1. The number of phenols is 1. The lowest BCUT2D eigenvalue weighted by atomic mass is 9.90. The van der Waals surface area contributed by atoms with Crippen LogP contribution in [0.25, 0.3) is 11.1 Å². The molecule has 3 aromatic rings. The molecule has 272 valence electrons. The second-order valence-corrected chi connectivity index (χ2v) is 15.8. The van der Waals surface area contributed by atoms with Gasteiger partial charge in [0, 0.05) is 36.1 Å². The molecule has 2 aliphatic heterocycles. The number of rotatable bonds is 8. The van der Waals surface area contributed by atoms with Gasteiger partial charge in [0.2, 0.25) is 6.41 Å². The second kappa shape index (κ2) is 20.4. The number of likely N-dealkylation sites (tertiary alicyclic amines) is 1. The highest BCUT2D eigenvalue weighted by molar-refractivity contribution is 7.97. The monoisotopic (exact) mass is 723 g/mol. The minimum absolute atomic E-state index is 0.0186. The van der Waals surface area contributed by atoms with Gasteiger partial charge in [-0.05, 0) is 130 Å². The van der Waals surface area contributed by atoms with E-state index < -0.39 is 11.7 Å². The van der Waals surface area contributed by atoms with Crippen molar-refractivity contribution in [1.82, 2.24) is 14.5 Å². The summed E-state index contributed by atoms with van der Waals surface area (Å²) in [4.78, 5) is 24.8. The zero-order valence-corrected chi connectivity index (χ0v) is 31.4. The zero-order valence-electron chi connectivity index (χ0n) is 29.8. The zero-order chi connectivity index (χ0) is 35.8. The van der Waals surface area contributed by atoms with E-state index in [2.05, 4.69) is 33.9 Å². The first kappa shape index (κ1) is 39.4. The number of halogens is 1. The molecule has 2 amide bonds. The number of amides is 2. The smallest absolute Gasteiger partial charge is 0.407 e. The Morgan fingerprint density at radius 3 is 2.04 bits per heavy atom. The Bertz CT molecular complexity index is 1380. The quantitative estimate of drug-likeness (QED) is 0.177. The molecular formula is C40H54ClN3O5S. The third-order valence-electron chi connectivity index (χ3n) is 8.72. The lowest BCUT2D eigenvalue weighted by molar-refractivity contribution is -0.117. The normalized spacial score (nSPS) is 18.2. The predicted molar refractivity (Wildman–Crippen MR) is 204 cm³/mol. The van der Waals surface area contributed by atoms with Crippen LogP contribution in [0.5, 0.6) is 11.5 Å². The highest BCUT2D eigenvalue weighted by Gasteiger charge is 2.25. The average Bonchev–Trinajstić information content (AvgIpc) is 3.57. The molecular weight excluding hydrogens is 670 g/mol. The van der Waals surface area contributed by atoms with Gasteiger partial charge in [-0.25, -0.2) is 9.10 Å². The summed E-state index contributed by atoms with van der Waals surface area (Å²) in [6.45, 7) is 10.1. The van der Waals surface area contributed by atoms with Gasteiger partial charge in [-0.2, -0.15) is 0 Å². The van der Waals surface area contributed by atoms with Gasteiger partial charge < -0.3 is 24.8 Å². The van der Waals surface area contributed by atoms with E-state index in [0.717, 1.165) is 47.3 Å². The van der Waals surface area contributed by atoms with Crippen LogP contribution in [0.3, 0.4) is 0 Å². The molecule has 10 heteroatoms. The Morgan fingerprint density at radius 2 is 1.46 bits per heavy atom. The van der Waals surface area contributed by atoms with Crippen molar-refractivity contribution in [3.8, 4) is 22.6 Å². The summed E-state index contributed by atoms with van der Waals surface area (Å²) in [7, 11) is 0. The Morgan fingerprint density at radius 1 is 0.860 bits per heavy atom. The highest BCUT2D eigenvalue weighted by atomic mass is 35.5. The number of aromatic hydroxyl groups is 1. The molecule has 1 aliphatic carbocycles. The first-order valence-electron chi connectivity index (χ1n) is 18.0. The van der Waals surface area contributed by atoms with E-state index in [1.807, 2.05) is 69.1 Å². The molecule has 50 heavy (non-hydrogen) atoms. The molecule has 0 bridgehead atoms. The summed E-state index contributed by atoms with van der Waals surface area (Å²) >= 11 is 7.68. The maximum absolute atomic E-state index is 11.4. The van der Waals surface area contributed by atoms with Crippen LogP contribution in [0, 0.1) is 5.92 Å². The molecule has 2 saturated heterocycles. The summed E-state index contributed by atoms with van der Waals surface area (Å²) < 4.78 is 13.6. The van der Waals surface area contributed by atoms with Gasteiger partial charge in [0.05, 0.1) is 12.6 Å². The van der Waals surface area contributed by atoms with Crippen molar-refractivity contribution in [2.75, 3.05) is 32.8 Å². The Hall–Kier alpha value is -3.40. The summed E-state index contributed by atoms with van der Waals surface area (Å²) in [6.07, 6.45) is 12.1. The molecule has 3 fully saturated rings. The van der Waals surface area contributed by atoms with Gasteiger partial charge in [-0.3, -0.25) is 4.79 Å². The topological polar surface area (TPSA) is 91.3 Å². The van der Waals surface area contributed by atoms with Crippen LogP contribution in [0.15, 0.2) is 77.7 Å². The number of carbonyl (C=O) groups is 2. The van der Waals surface area contributed by atoms with Crippen molar-refractivity contribution in [2.24, 2.45) is 5.92 Å². The summed E-state index contributed by atoms with van der Waals surface area (Å²) in [6, 6.07) is 23.4. The molecule has 3 aromatic carbocycles. The van der Waals surface area contributed by atoms with Crippen molar-refractivity contribution in [2.45, 2.75) is 95.1 Å². The molecule has 8 nitrogen and oxygen atoms in total. The fourth-order valence-corrected chi connectivity index (χ4v) is 7.16. The van der Waals surface area contributed by atoms with Crippen molar-refractivity contribution >= 4 is 36.1 Å². The van der Waals surface area contributed by atoms with Crippen LogP contribution in [0.2, 0.25) is 5.02 Å². The molecule has 0 spiro atoms. The lowest BCUT2D eigenvalue weighted by Gasteiger charge is -2.25. The fraction of sp³-hybridized carbons (Fsp3) is 0.500. The fourth-order valence-electron chi connectivity index (χ4n) is 6.04. The molecule has 2 heterocycles. The number of phenolic OH excluding ortho intramolecular Hbond substituents is 1. The van der Waals surface area contributed by atoms with Crippen LogP contribution in [0.4, 0.5) is 4.79 Å². The number of piperidine rings is 1. The van der Waals surface area contributed by atoms with E-state index in [4.69, 9.17) is 26.2 Å². The van der Waals surface area contributed by atoms with E-state index in [-0.39, 0.29) is 11.8 Å². The predicted octanol–water partition coefficient (Wildman–Crippen LogP) is 9.59. The number of nitrogens with zero attached hydrogens (tertiary/aromatic N) is 2. The van der Waals surface area contributed by atoms with Gasteiger partial charge in [-0.1, -0.05) is 61.5 Å². The minimum atomic E-state index is -0.479. The molecule has 6 rings (SSSR count). The summed E-state index contributed by atoms with van der Waals surface area (Å²) in [5.74, 6) is 2.09. The Balaban J connectivity index is 0.000000174. The number of hydrogen-bond acceptors (Lipinski definition) is 7. The largest absolute Gasteiger partial charge is 0.508 e. The van der Waals surface area contributed by atoms with E-state index in [1.54, 1.807) is 17.0 Å². The lowest BCUT2D eigenvalue weighted by Crippen LogP contribution is -2.40. The van der Waals surface area contributed by atoms with Crippen molar-refractivity contribution in [3.63, 3.8) is 0 Å². The highest BCUT2D eigenvalue weighted by Crippen LogP contribution is 2.29. The standard InChI is InChI=1S/C18H27NOS.C12H9ClO.C10H18N2O3/c1-3-7-16(8-4-1)15-20-17-9-11-18(12-10-17)21-19-13-5-2-6-14-19;13-11-5-1-9(2-6-11)10-3-7-12(14)8-4-10;1-10(2,3)15-9(14)11-8-4-5-12(6-8)7-13/h9-12,16H,1-8,13-15H2;1-8,14H;7-8H,4-6H2,1-3H3,(H,11,14). The number of ether oxygens (including phenoxy) is 2. The van der Waals surface area contributed by atoms with Crippen molar-refractivity contribution in [3.05, 3.63) is 77.8 Å². The number of carbonyl (C=O) groups excluding carboxylic acids is 2. The minimum Gasteiger partial charge on any atom is -0.508 e. The van der Waals surface area contributed by atoms with E-state index in [9.17, 15) is 9.59 Å². The second-order valence-electron chi connectivity index (χ2n) is 14.2.